The molecule has 1 fully saturated rings. The standard InChI is InChI=1S/C26H26N2O/c1-2-28-21-13-7-6-11-18(21)23-22(28)15-14-20-24(23)26-19(12-8-16-29-26)25(27-20)17-9-4-3-5-10-17/h3-7,9-11,13-15,19,25-27H,2,8,12,16H2,1H3/t19-,25-,26-/m1/s1. The zero-order valence-corrected chi connectivity index (χ0v) is 16.8. The molecule has 0 spiro atoms. The van der Waals surface area contributed by atoms with Crippen LogP contribution in [0.2, 0.25) is 0 Å². The molecule has 0 unspecified atom stereocenters. The zero-order valence-electron chi connectivity index (χ0n) is 16.8. The number of rotatable bonds is 2. The van der Waals surface area contributed by atoms with Crippen LogP contribution in [0.25, 0.3) is 21.8 Å². The molecule has 2 aliphatic rings. The van der Waals surface area contributed by atoms with Crippen LogP contribution in [0.1, 0.15) is 43.0 Å². The fraction of sp³-hybridized carbons (Fsp3) is 0.308. The molecule has 3 nitrogen and oxygen atoms in total. The number of hydrogen-bond acceptors (Lipinski definition) is 2. The Morgan fingerprint density at radius 2 is 1.79 bits per heavy atom. The lowest BCUT2D eigenvalue weighted by Gasteiger charge is -2.43. The van der Waals surface area contributed by atoms with E-state index in [9.17, 15) is 0 Å². The predicted octanol–water partition coefficient (Wildman–Crippen LogP) is 6.45. The molecule has 3 aromatic carbocycles. The highest BCUT2D eigenvalue weighted by Gasteiger charge is 2.41. The molecule has 6 rings (SSSR count). The van der Waals surface area contributed by atoms with Gasteiger partial charge in [-0.15, -0.1) is 0 Å². The molecule has 3 atom stereocenters. The molecule has 1 N–H and O–H groups in total. The number of hydrogen-bond donors (Lipinski definition) is 1. The van der Waals surface area contributed by atoms with Crippen molar-refractivity contribution in [1.82, 2.24) is 4.57 Å². The molecule has 0 aliphatic carbocycles. The number of benzene rings is 3. The second kappa shape index (κ2) is 6.64. The Balaban J connectivity index is 1.63. The minimum Gasteiger partial charge on any atom is -0.378 e. The summed E-state index contributed by atoms with van der Waals surface area (Å²) in [5.41, 5.74) is 6.59. The van der Waals surface area contributed by atoms with E-state index >= 15 is 0 Å². The summed E-state index contributed by atoms with van der Waals surface area (Å²) in [4.78, 5) is 0. The van der Waals surface area contributed by atoms with E-state index < -0.39 is 0 Å². The number of fused-ring (bicyclic) bond motifs is 7. The number of anilines is 1. The van der Waals surface area contributed by atoms with Gasteiger partial charge < -0.3 is 14.6 Å². The van der Waals surface area contributed by atoms with Gasteiger partial charge in [0.15, 0.2) is 0 Å². The van der Waals surface area contributed by atoms with Gasteiger partial charge in [-0.3, -0.25) is 0 Å². The van der Waals surface area contributed by atoms with Crippen molar-refractivity contribution in [2.45, 2.75) is 38.5 Å². The highest BCUT2D eigenvalue weighted by Crippen LogP contribution is 2.52. The maximum atomic E-state index is 6.51. The van der Waals surface area contributed by atoms with E-state index in [1.807, 2.05) is 0 Å². The Hall–Kier alpha value is -2.78. The van der Waals surface area contributed by atoms with Crippen molar-refractivity contribution in [3.8, 4) is 0 Å². The first kappa shape index (κ1) is 17.1. The van der Waals surface area contributed by atoms with Crippen molar-refractivity contribution in [2.75, 3.05) is 11.9 Å². The van der Waals surface area contributed by atoms with Crippen LogP contribution in [0.5, 0.6) is 0 Å². The summed E-state index contributed by atoms with van der Waals surface area (Å²) in [6, 6.07) is 24.5. The largest absolute Gasteiger partial charge is 0.378 e. The molecule has 0 bridgehead atoms. The van der Waals surface area contributed by atoms with Gasteiger partial charge in [-0.1, -0.05) is 48.5 Å². The van der Waals surface area contributed by atoms with Crippen molar-refractivity contribution in [3.05, 3.63) is 77.9 Å². The summed E-state index contributed by atoms with van der Waals surface area (Å²) in [6.45, 7) is 4.05. The molecule has 0 radical (unpaired) electrons. The quantitative estimate of drug-likeness (QED) is 0.431. The van der Waals surface area contributed by atoms with Gasteiger partial charge in [0.05, 0.1) is 12.1 Å². The monoisotopic (exact) mass is 382 g/mol. The first-order valence-electron chi connectivity index (χ1n) is 10.8. The van der Waals surface area contributed by atoms with Gasteiger partial charge in [0.1, 0.15) is 0 Å². The van der Waals surface area contributed by atoms with Crippen LogP contribution in [-0.2, 0) is 11.3 Å². The third-order valence-corrected chi connectivity index (χ3v) is 6.85. The summed E-state index contributed by atoms with van der Waals surface area (Å²) in [5, 5.41) is 6.62. The molecule has 29 heavy (non-hydrogen) atoms. The van der Waals surface area contributed by atoms with Crippen molar-refractivity contribution in [1.29, 1.82) is 0 Å². The van der Waals surface area contributed by atoms with Gasteiger partial charge in [0.2, 0.25) is 0 Å². The van der Waals surface area contributed by atoms with Crippen LogP contribution in [0.4, 0.5) is 5.69 Å². The summed E-state index contributed by atoms with van der Waals surface area (Å²) in [6.07, 6.45) is 2.47. The number of ether oxygens (including phenoxy) is 1. The van der Waals surface area contributed by atoms with E-state index in [0.717, 1.165) is 19.6 Å². The molecule has 1 aromatic heterocycles. The minimum atomic E-state index is 0.144. The molecule has 2 aliphatic heterocycles. The smallest absolute Gasteiger partial charge is 0.0902 e. The van der Waals surface area contributed by atoms with Crippen molar-refractivity contribution >= 4 is 27.5 Å². The van der Waals surface area contributed by atoms with Crippen molar-refractivity contribution < 1.29 is 4.74 Å². The topological polar surface area (TPSA) is 26.2 Å². The second-order valence-electron chi connectivity index (χ2n) is 8.31. The molecule has 1 saturated heterocycles. The molecule has 0 amide bonds. The molecule has 146 valence electrons. The molecular weight excluding hydrogens is 356 g/mol. The second-order valence-corrected chi connectivity index (χ2v) is 8.31. The van der Waals surface area contributed by atoms with Gasteiger partial charge in [0.25, 0.3) is 0 Å². The lowest BCUT2D eigenvalue weighted by molar-refractivity contribution is -0.0372. The summed E-state index contributed by atoms with van der Waals surface area (Å²) < 4.78 is 8.95. The molecule has 3 heteroatoms. The van der Waals surface area contributed by atoms with E-state index in [2.05, 4.69) is 83.5 Å². The SMILES string of the molecule is CCn1c2ccccc2c2c3c(ccc21)N[C@H](c1ccccc1)[C@H]1CCCO[C@@H]31. The first-order valence-corrected chi connectivity index (χ1v) is 10.8. The number of aromatic nitrogens is 1. The van der Waals surface area contributed by atoms with E-state index in [1.165, 1.54) is 45.0 Å². The first-order chi connectivity index (χ1) is 14.4. The van der Waals surface area contributed by atoms with Crippen LogP contribution in [0.3, 0.4) is 0 Å². The Bertz CT molecular complexity index is 1190. The Labute approximate surface area is 171 Å². The van der Waals surface area contributed by atoms with Gasteiger partial charge in [0, 0.05) is 52.1 Å². The fourth-order valence-electron chi connectivity index (χ4n) is 5.64. The fourth-order valence-corrected chi connectivity index (χ4v) is 5.64. The predicted molar refractivity (Wildman–Crippen MR) is 119 cm³/mol. The zero-order chi connectivity index (χ0) is 19.4. The molecule has 0 saturated carbocycles. The van der Waals surface area contributed by atoms with E-state index in [4.69, 9.17) is 4.74 Å². The van der Waals surface area contributed by atoms with Gasteiger partial charge in [-0.2, -0.15) is 0 Å². The van der Waals surface area contributed by atoms with Gasteiger partial charge in [-0.25, -0.2) is 0 Å². The summed E-state index contributed by atoms with van der Waals surface area (Å²) >= 11 is 0. The maximum absolute atomic E-state index is 6.51. The summed E-state index contributed by atoms with van der Waals surface area (Å²) in [7, 11) is 0. The van der Waals surface area contributed by atoms with E-state index in [1.54, 1.807) is 0 Å². The Morgan fingerprint density at radius 1 is 0.966 bits per heavy atom. The average Bonchev–Trinajstić information content (AvgIpc) is 3.12. The average molecular weight is 383 g/mol. The van der Waals surface area contributed by atoms with Crippen molar-refractivity contribution in [2.24, 2.45) is 5.92 Å². The van der Waals surface area contributed by atoms with Crippen LogP contribution >= 0.6 is 0 Å². The van der Waals surface area contributed by atoms with E-state index in [0.29, 0.717) is 12.0 Å². The molecule has 3 heterocycles. The Kier molecular flexibility index (Phi) is 3.91. The number of nitrogens with one attached hydrogen (secondary N) is 1. The van der Waals surface area contributed by atoms with Crippen LogP contribution in [0.15, 0.2) is 66.7 Å². The third kappa shape index (κ3) is 2.47. The third-order valence-electron chi connectivity index (χ3n) is 6.85. The highest BCUT2D eigenvalue weighted by molar-refractivity contribution is 6.11. The van der Waals surface area contributed by atoms with Crippen LogP contribution in [0, 0.1) is 5.92 Å². The molecular formula is C26H26N2O. The Morgan fingerprint density at radius 3 is 2.66 bits per heavy atom. The minimum absolute atomic E-state index is 0.144. The van der Waals surface area contributed by atoms with Crippen LogP contribution in [-0.4, -0.2) is 11.2 Å². The van der Waals surface area contributed by atoms with Gasteiger partial charge >= 0.3 is 0 Å². The molecule has 4 aromatic rings. The number of aryl methyl sites for hydroxylation is 1. The maximum Gasteiger partial charge on any atom is 0.0902 e. The number of nitrogens with zero attached hydrogens (tertiary/aromatic N) is 1. The highest BCUT2D eigenvalue weighted by atomic mass is 16.5. The number of para-hydroxylation sites is 1. The lowest BCUT2D eigenvalue weighted by atomic mass is 9.76. The lowest BCUT2D eigenvalue weighted by Crippen LogP contribution is -2.36. The van der Waals surface area contributed by atoms with Crippen molar-refractivity contribution in [3.63, 3.8) is 0 Å². The van der Waals surface area contributed by atoms with Gasteiger partial charge in [-0.05, 0) is 43.5 Å². The van der Waals surface area contributed by atoms with Crippen LogP contribution < -0.4 is 5.32 Å². The normalized spacial score (nSPS) is 23.6. The summed E-state index contributed by atoms with van der Waals surface area (Å²) in [5.74, 6) is 0.452. The van der Waals surface area contributed by atoms with E-state index in [-0.39, 0.29) is 6.10 Å².